The minimum atomic E-state index is -0.116. The van der Waals surface area contributed by atoms with E-state index in [0.717, 1.165) is 30.0 Å². The average Bonchev–Trinajstić information content (AvgIpc) is 2.49. The van der Waals surface area contributed by atoms with Crippen molar-refractivity contribution in [1.82, 2.24) is 4.98 Å². The fraction of sp³-hybridized carbons (Fsp3) is 0.353. The molecule has 2 N–H and O–H groups in total. The minimum absolute atomic E-state index is 0.116. The Bertz CT molecular complexity index is 547. The average molecular weight is 269 g/mol. The van der Waals surface area contributed by atoms with Crippen LogP contribution in [0.2, 0.25) is 0 Å². The number of aromatic nitrogens is 1. The first-order valence-corrected chi connectivity index (χ1v) is 7.19. The third kappa shape index (κ3) is 2.99. The first kappa shape index (κ1) is 14.5. The SMILES string of the molecule is CCN(CC)c1cc(C)c([C@H](N)c2ccccc2)cn1. The van der Waals surface area contributed by atoms with Gasteiger partial charge in [0.05, 0.1) is 6.04 Å². The molecule has 0 unspecified atom stereocenters. The van der Waals surface area contributed by atoms with E-state index in [4.69, 9.17) is 5.73 Å². The van der Waals surface area contributed by atoms with E-state index in [-0.39, 0.29) is 6.04 Å². The zero-order valence-electron chi connectivity index (χ0n) is 12.5. The Balaban J connectivity index is 2.30. The lowest BCUT2D eigenvalue weighted by molar-refractivity contribution is 0.823. The molecule has 0 spiro atoms. The zero-order valence-corrected chi connectivity index (χ0v) is 12.5. The molecule has 0 saturated heterocycles. The largest absolute Gasteiger partial charge is 0.357 e. The lowest BCUT2D eigenvalue weighted by Gasteiger charge is -2.22. The van der Waals surface area contributed by atoms with Crippen molar-refractivity contribution in [1.29, 1.82) is 0 Å². The fourth-order valence-corrected chi connectivity index (χ4v) is 2.44. The maximum absolute atomic E-state index is 6.35. The highest BCUT2D eigenvalue weighted by Gasteiger charge is 2.13. The Hall–Kier alpha value is -1.87. The van der Waals surface area contributed by atoms with E-state index < -0.39 is 0 Å². The Morgan fingerprint density at radius 3 is 2.35 bits per heavy atom. The summed E-state index contributed by atoms with van der Waals surface area (Å²) in [6, 6.07) is 12.2. The van der Waals surface area contributed by atoms with Gasteiger partial charge in [-0.15, -0.1) is 0 Å². The van der Waals surface area contributed by atoms with Crippen LogP contribution in [0.15, 0.2) is 42.6 Å². The molecular formula is C17H23N3. The Kier molecular flexibility index (Phi) is 4.74. The van der Waals surface area contributed by atoms with Crippen LogP contribution < -0.4 is 10.6 Å². The molecule has 106 valence electrons. The van der Waals surface area contributed by atoms with Gasteiger partial charge in [-0.1, -0.05) is 30.3 Å². The predicted octanol–water partition coefficient (Wildman–Crippen LogP) is 3.28. The molecular weight excluding hydrogens is 246 g/mol. The fourth-order valence-electron chi connectivity index (χ4n) is 2.44. The molecule has 0 aliphatic rings. The number of aryl methyl sites for hydroxylation is 1. The van der Waals surface area contributed by atoms with E-state index in [1.807, 2.05) is 24.4 Å². The summed E-state index contributed by atoms with van der Waals surface area (Å²) >= 11 is 0. The smallest absolute Gasteiger partial charge is 0.128 e. The lowest BCUT2D eigenvalue weighted by atomic mass is 9.97. The van der Waals surface area contributed by atoms with Crippen molar-refractivity contribution in [3.05, 3.63) is 59.3 Å². The molecule has 0 radical (unpaired) electrons. The summed E-state index contributed by atoms with van der Waals surface area (Å²) in [7, 11) is 0. The summed E-state index contributed by atoms with van der Waals surface area (Å²) in [4.78, 5) is 6.81. The maximum atomic E-state index is 6.35. The summed E-state index contributed by atoms with van der Waals surface area (Å²) in [5.74, 6) is 1.02. The predicted molar refractivity (Wildman–Crippen MR) is 85.0 cm³/mol. The van der Waals surface area contributed by atoms with Gasteiger partial charge in [0.15, 0.2) is 0 Å². The molecule has 2 aromatic rings. The molecule has 1 aromatic carbocycles. The number of hydrogen-bond acceptors (Lipinski definition) is 3. The van der Waals surface area contributed by atoms with Crippen LogP contribution in [0.1, 0.15) is 36.6 Å². The summed E-state index contributed by atoms with van der Waals surface area (Å²) < 4.78 is 0. The Morgan fingerprint density at radius 1 is 1.15 bits per heavy atom. The quantitative estimate of drug-likeness (QED) is 0.905. The van der Waals surface area contributed by atoms with Gasteiger partial charge in [-0.2, -0.15) is 0 Å². The standard InChI is InChI=1S/C17H23N3/c1-4-20(5-2)16-11-13(3)15(12-19-16)17(18)14-9-7-6-8-10-14/h6-12,17H,4-5,18H2,1-3H3/t17-/m1/s1. The van der Waals surface area contributed by atoms with Crippen LogP contribution in [0.25, 0.3) is 0 Å². The highest BCUT2D eigenvalue weighted by atomic mass is 15.2. The van der Waals surface area contributed by atoms with Crippen molar-refractivity contribution in [2.45, 2.75) is 26.8 Å². The van der Waals surface area contributed by atoms with Gasteiger partial charge >= 0.3 is 0 Å². The number of hydrogen-bond donors (Lipinski definition) is 1. The second-order valence-electron chi connectivity index (χ2n) is 4.96. The van der Waals surface area contributed by atoms with Crippen LogP contribution in [0.4, 0.5) is 5.82 Å². The zero-order chi connectivity index (χ0) is 14.5. The summed E-state index contributed by atoms with van der Waals surface area (Å²) in [6.45, 7) is 8.32. The van der Waals surface area contributed by atoms with Crippen LogP contribution in [0, 0.1) is 6.92 Å². The number of rotatable bonds is 5. The molecule has 1 atom stereocenters. The monoisotopic (exact) mass is 269 g/mol. The van der Waals surface area contributed by atoms with Gasteiger partial charge < -0.3 is 10.6 Å². The first-order chi connectivity index (χ1) is 9.67. The van der Waals surface area contributed by atoms with E-state index >= 15 is 0 Å². The number of benzene rings is 1. The van der Waals surface area contributed by atoms with Crippen LogP contribution in [0.5, 0.6) is 0 Å². The second-order valence-corrected chi connectivity index (χ2v) is 4.96. The molecule has 1 heterocycles. The topological polar surface area (TPSA) is 42.1 Å². The molecule has 0 amide bonds. The van der Waals surface area contributed by atoms with Crippen LogP contribution in [-0.2, 0) is 0 Å². The van der Waals surface area contributed by atoms with Crippen LogP contribution in [-0.4, -0.2) is 18.1 Å². The van der Waals surface area contributed by atoms with Crippen LogP contribution in [0.3, 0.4) is 0 Å². The molecule has 0 aliphatic heterocycles. The summed E-state index contributed by atoms with van der Waals surface area (Å²) in [6.07, 6.45) is 1.92. The molecule has 3 heteroatoms. The van der Waals surface area contributed by atoms with E-state index in [1.54, 1.807) is 0 Å². The highest BCUT2D eigenvalue weighted by Crippen LogP contribution is 2.24. The number of nitrogens with zero attached hydrogens (tertiary/aromatic N) is 2. The Labute approximate surface area is 121 Å². The normalized spacial score (nSPS) is 12.2. The molecule has 1 aromatic heterocycles. The van der Waals surface area contributed by atoms with Gasteiger partial charge in [0.25, 0.3) is 0 Å². The Morgan fingerprint density at radius 2 is 1.80 bits per heavy atom. The molecule has 3 nitrogen and oxygen atoms in total. The minimum Gasteiger partial charge on any atom is -0.357 e. The van der Waals surface area contributed by atoms with Crippen molar-refractivity contribution < 1.29 is 0 Å². The molecule has 0 bridgehead atoms. The van der Waals surface area contributed by atoms with Gasteiger partial charge in [0, 0.05) is 19.3 Å². The van der Waals surface area contributed by atoms with E-state index in [0.29, 0.717) is 0 Å². The lowest BCUT2D eigenvalue weighted by Crippen LogP contribution is -2.23. The van der Waals surface area contributed by atoms with Crippen molar-refractivity contribution >= 4 is 5.82 Å². The van der Waals surface area contributed by atoms with Gasteiger partial charge in [0.1, 0.15) is 5.82 Å². The number of pyridine rings is 1. The van der Waals surface area contributed by atoms with E-state index in [2.05, 4.69) is 48.9 Å². The second kappa shape index (κ2) is 6.53. The number of nitrogens with two attached hydrogens (primary N) is 1. The van der Waals surface area contributed by atoms with Gasteiger partial charge in [-0.25, -0.2) is 4.98 Å². The van der Waals surface area contributed by atoms with Gasteiger partial charge in [0.2, 0.25) is 0 Å². The van der Waals surface area contributed by atoms with Crippen molar-refractivity contribution in [2.75, 3.05) is 18.0 Å². The molecule has 0 fully saturated rings. The van der Waals surface area contributed by atoms with Crippen LogP contribution >= 0.6 is 0 Å². The summed E-state index contributed by atoms with van der Waals surface area (Å²) in [5.41, 5.74) is 9.76. The molecule has 0 saturated carbocycles. The summed E-state index contributed by atoms with van der Waals surface area (Å²) in [5, 5.41) is 0. The van der Waals surface area contributed by atoms with Crippen molar-refractivity contribution in [2.24, 2.45) is 5.73 Å². The molecule has 20 heavy (non-hydrogen) atoms. The third-order valence-electron chi connectivity index (χ3n) is 3.72. The van der Waals surface area contributed by atoms with Crippen molar-refractivity contribution in [3.63, 3.8) is 0 Å². The number of anilines is 1. The molecule has 2 rings (SSSR count). The highest BCUT2D eigenvalue weighted by molar-refractivity contribution is 5.45. The molecule has 0 aliphatic carbocycles. The van der Waals surface area contributed by atoms with Crippen molar-refractivity contribution in [3.8, 4) is 0 Å². The van der Waals surface area contributed by atoms with Gasteiger partial charge in [-0.05, 0) is 43.5 Å². The van der Waals surface area contributed by atoms with E-state index in [1.165, 1.54) is 5.56 Å². The van der Waals surface area contributed by atoms with Gasteiger partial charge in [-0.3, -0.25) is 0 Å². The first-order valence-electron chi connectivity index (χ1n) is 7.19. The maximum Gasteiger partial charge on any atom is 0.128 e. The van der Waals surface area contributed by atoms with E-state index in [9.17, 15) is 0 Å². The third-order valence-corrected chi connectivity index (χ3v) is 3.72.